The molecule has 2 heterocycles. The first-order valence-corrected chi connectivity index (χ1v) is 6.79. The van der Waals surface area contributed by atoms with Crippen LogP contribution in [0.3, 0.4) is 0 Å². The summed E-state index contributed by atoms with van der Waals surface area (Å²) in [5.74, 6) is 0.576. The molecule has 0 bridgehead atoms. The van der Waals surface area contributed by atoms with Crippen LogP contribution in [0, 0.1) is 5.92 Å². The molecule has 1 aliphatic heterocycles. The van der Waals surface area contributed by atoms with Gasteiger partial charge in [-0.1, -0.05) is 11.6 Å². The van der Waals surface area contributed by atoms with Crippen LogP contribution in [0.25, 0.3) is 0 Å². The lowest BCUT2D eigenvalue weighted by Gasteiger charge is -2.13. The summed E-state index contributed by atoms with van der Waals surface area (Å²) in [7, 11) is 1.58. The van der Waals surface area contributed by atoms with Crippen molar-refractivity contribution >= 4 is 17.3 Å². The van der Waals surface area contributed by atoms with Crippen LogP contribution in [0.15, 0.2) is 11.0 Å². The zero-order chi connectivity index (χ0) is 13.7. The lowest BCUT2D eigenvalue weighted by molar-refractivity contribution is 0.182. The highest BCUT2D eigenvalue weighted by Crippen LogP contribution is 2.17. The van der Waals surface area contributed by atoms with E-state index in [-0.39, 0.29) is 10.6 Å². The van der Waals surface area contributed by atoms with E-state index in [1.165, 1.54) is 4.68 Å². The van der Waals surface area contributed by atoms with E-state index in [1.54, 1.807) is 13.3 Å². The van der Waals surface area contributed by atoms with Crippen LogP contribution in [0.1, 0.15) is 6.42 Å². The number of nitrogens with zero attached hydrogens (tertiary/aromatic N) is 2. The molecule has 1 aliphatic rings. The average Bonchev–Trinajstić information content (AvgIpc) is 2.92. The molecule has 1 aromatic heterocycles. The Morgan fingerprint density at radius 3 is 3.21 bits per heavy atom. The number of hydrogen-bond donors (Lipinski definition) is 2. The first-order chi connectivity index (χ1) is 9.22. The van der Waals surface area contributed by atoms with Gasteiger partial charge < -0.3 is 15.4 Å². The largest absolute Gasteiger partial charge is 0.383 e. The molecule has 2 N–H and O–H groups in total. The molecule has 1 aromatic rings. The van der Waals surface area contributed by atoms with Gasteiger partial charge in [-0.15, -0.1) is 0 Å². The van der Waals surface area contributed by atoms with Crippen LogP contribution < -0.4 is 16.2 Å². The fourth-order valence-electron chi connectivity index (χ4n) is 2.07. The summed E-state index contributed by atoms with van der Waals surface area (Å²) in [6.45, 7) is 3.70. The lowest BCUT2D eigenvalue weighted by Crippen LogP contribution is -2.26. The molecule has 0 amide bonds. The second-order valence-electron chi connectivity index (χ2n) is 4.63. The van der Waals surface area contributed by atoms with E-state index in [0.29, 0.717) is 24.8 Å². The number of halogens is 1. The summed E-state index contributed by atoms with van der Waals surface area (Å²) in [6, 6.07) is 0. The molecule has 1 unspecified atom stereocenters. The zero-order valence-electron chi connectivity index (χ0n) is 11.0. The van der Waals surface area contributed by atoms with Crippen molar-refractivity contribution in [3.63, 3.8) is 0 Å². The van der Waals surface area contributed by atoms with Crippen molar-refractivity contribution in [2.24, 2.45) is 5.92 Å². The summed E-state index contributed by atoms with van der Waals surface area (Å²) in [4.78, 5) is 12.0. The fourth-order valence-corrected chi connectivity index (χ4v) is 2.28. The molecule has 0 spiro atoms. The Morgan fingerprint density at radius 1 is 1.68 bits per heavy atom. The van der Waals surface area contributed by atoms with Crippen LogP contribution in [0.5, 0.6) is 0 Å². The van der Waals surface area contributed by atoms with Gasteiger partial charge in [0.05, 0.1) is 25.0 Å². The van der Waals surface area contributed by atoms with Gasteiger partial charge in [-0.3, -0.25) is 4.79 Å². The second kappa shape index (κ2) is 6.88. The summed E-state index contributed by atoms with van der Waals surface area (Å²) in [6.07, 6.45) is 2.74. The van der Waals surface area contributed by atoms with Gasteiger partial charge >= 0.3 is 0 Å². The first-order valence-electron chi connectivity index (χ1n) is 6.41. The van der Waals surface area contributed by atoms with E-state index in [9.17, 15) is 4.79 Å². The molecular formula is C12H19ClN4O2. The van der Waals surface area contributed by atoms with Crippen molar-refractivity contribution < 1.29 is 4.74 Å². The molecule has 0 aromatic carbocycles. The summed E-state index contributed by atoms with van der Waals surface area (Å²) in [5.41, 5.74) is 0.320. The van der Waals surface area contributed by atoms with Crippen molar-refractivity contribution in [3.8, 4) is 0 Å². The monoisotopic (exact) mass is 286 g/mol. The van der Waals surface area contributed by atoms with E-state index in [0.717, 1.165) is 26.1 Å². The maximum Gasteiger partial charge on any atom is 0.287 e. The Labute approximate surface area is 117 Å². The Hall–Kier alpha value is -1.11. The molecule has 1 fully saturated rings. The zero-order valence-corrected chi connectivity index (χ0v) is 11.7. The number of ether oxygens (including phenoxy) is 1. The molecule has 1 saturated heterocycles. The molecule has 1 atom stereocenters. The molecule has 0 saturated carbocycles. The Morgan fingerprint density at radius 2 is 2.53 bits per heavy atom. The van der Waals surface area contributed by atoms with E-state index in [4.69, 9.17) is 16.3 Å². The average molecular weight is 287 g/mol. The number of anilines is 1. The van der Waals surface area contributed by atoms with E-state index >= 15 is 0 Å². The van der Waals surface area contributed by atoms with Crippen LogP contribution in [-0.2, 0) is 11.3 Å². The summed E-state index contributed by atoms with van der Waals surface area (Å²) < 4.78 is 6.23. The maximum atomic E-state index is 12.0. The van der Waals surface area contributed by atoms with Crippen LogP contribution >= 0.6 is 11.6 Å². The molecule has 7 heteroatoms. The molecule has 0 aliphatic carbocycles. The van der Waals surface area contributed by atoms with Crippen LogP contribution in [0.4, 0.5) is 5.69 Å². The third-order valence-electron chi connectivity index (χ3n) is 3.24. The lowest BCUT2D eigenvalue weighted by atomic mass is 10.1. The van der Waals surface area contributed by atoms with Gasteiger partial charge in [-0.2, -0.15) is 5.10 Å². The summed E-state index contributed by atoms with van der Waals surface area (Å²) in [5, 5.41) is 10.8. The van der Waals surface area contributed by atoms with Crippen molar-refractivity contribution in [3.05, 3.63) is 21.6 Å². The predicted molar refractivity (Wildman–Crippen MR) is 74.8 cm³/mol. The van der Waals surface area contributed by atoms with Crippen LogP contribution in [-0.4, -0.2) is 43.1 Å². The van der Waals surface area contributed by atoms with Crippen molar-refractivity contribution in [2.75, 3.05) is 38.7 Å². The van der Waals surface area contributed by atoms with Gasteiger partial charge in [0.2, 0.25) is 0 Å². The first kappa shape index (κ1) is 14.3. The second-order valence-corrected chi connectivity index (χ2v) is 5.01. The topological polar surface area (TPSA) is 68.2 Å². The van der Waals surface area contributed by atoms with Gasteiger partial charge in [0.1, 0.15) is 5.02 Å². The fraction of sp³-hybridized carbons (Fsp3) is 0.667. The van der Waals surface area contributed by atoms with Crippen molar-refractivity contribution in [1.29, 1.82) is 0 Å². The maximum absolute atomic E-state index is 12.0. The Kier molecular flexibility index (Phi) is 5.18. The smallest absolute Gasteiger partial charge is 0.287 e. The SMILES string of the molecule is COCCn1ncc(NCC2CCNC2)c(Cl)c1=O. The molecule has 19 heavy (non-hydrogen) atoms. The number of nitrogens with one attached hydrogen (secondary N) is 2. The minimum atomic E-state index is -0.284. The number of methoxy groups -OCH3 is 1. The molecule has 6 nitrogen and oxygen atoms in total. The number of hydrogen-bond acceptors (Lipinski definition) is 5. The molecule has 2 rings (SSSR count). The number of aromatic nitrogens is 2. The van der Waals surface area contributed by atoms with Crippen molar-refractivity contribution in [1.82, 2.24) is 15.1 Å². The highest BCUT2D eigenvalue weighted by Gasteiger charge is 2.15. The predicted octanol–water partition coefficient (Wildman–Crippen LogP) is 0.564. The van der Waals surface area contributed by atoms with E-state index in [1.807, 2.05) is 0 Å². The standard InChI is InChI=1S/C12H19ClN4O2/c1-19-5-4-17-12(18)11(13)10(8-16-17)15-7-9-2-3-14-6-9/h8-9,14-15H,2-7H2,1H3. The van der Waals surface area contributed by atoms with Gasteiger partial charge in [0.15, 0.2) is 0 Å². The highest BCUT2D eigenvalue weighted by atomic mass is 35.5. The van der Waals surface area contributed by atoms with Gasteiger partial charge in [0.25, 0.3) is 5.56 Å². The quantitative estimate of drug-likeness (QED) is 0.800. The molecular weight excluding hydrogens is 268 g/mol. The summed E-state index contributed by atoms with van der Waals surface area (Å²) >= 11 is 6.07. The van der Waals surface area contributed by atoms with E-state index < -0.39 is 0 Å². The Balaban J connectivity index is 2.01. The third kappa shape index (κ3) is 3.68. The van der Waals surface area contributed by atoms with Gasteiger partial charge in [-0.25, -0.2) is 4.68 Å². The minimum absolute atomic E-state index is 0.192. The highest BCUT2D eigenvalue weighted by molar-refractivity contribution is 6.32. The number of rotatable bonds is 6. The Bertz CT molecular complexity index is 471. The molecule has 0 radical (unpaired) electrons. The third-order valence-corrected chi connectivity index (χ3v) is 3.60. The van der Waals surface area contributed by atoms with Crippen molar-refractivity contribution in [2.45, 2.75) is 13.0 Å². The van der Waals surface area contributed by atoms with Crippen LogP contribution in [0.2, 0.25) is 5.02 Å². The van der Waals surface area contributed by atoms with Gasteiger partial charge in [-0.05, 0) is 25.4 Å². The van der Waals surface area contributed by atoms with E-state index in [2.05, 4.69) is 15.7 Å². The van der Waals surface area contributed by atoms with Gasteiger partial charge in [0, 0.05) is 13.7 Å². The normalized spacial score (nSPS) is 18.7. The molecule has 106 valence electrons. The minimum Gasteiger partial charge on any atom is -0.383 e.